The third-order valence-corrected chi connectivity index (χ3v) is 5.52. The molecule has 4 rings (SSSR count). The molecule has 5 heteroatoms. The first-order valence-corrected chi connectivity index (χ1v) is 8.29. The van der Waals surface area contributed by atoms with Crippen molar-refractivity contribution in [1.82, 2.24) is 9.38 Å². The van der Waals surface area contributed by atoms with Crippen LogP contribution in [0.15, 0.2) is 30.3 Å². The number of fused-ring (bicyclic) bond motifs is 1. The van der Waals surface area contributed by atoms with Gasteiger partial charge in [0.15, 0.2) is 4.96 Å². The van der Waals surface area contributed by atoms with E-state index in [4.69, 9.17) is 4.98 Å². The van der Waals surface area contributed by atoms with Crippen LogP contribution in [-0.2, 0) is 0 Å². The Hall–Kier alpha value is -2.14. The lowest BCUT2D eigenvalue weighted by molar-refractivity contribution is 0.0699. The van der Waals surface area contributed by atoms with Crippen LogP contribution in [0.2, 0.25) is 0 Å². The molecule has 1 N–H and O–H groups in total. The number of hydrogen-bond acceptors (Lipinski definition) is 3. The summed E-state index contributed by atoms with van der Waals surface area (Å²) in [4.78, 5) is 17.5. The molecule has 22 heavy (non-hydrogen) atoms. The number of aryl methyl sites for hydroxylation is 1. The maximum absolute atomic E-state index is 11.6. The van der Waals surface area contributed by atoms with Crippen molar-refractivity contribution < 1.29 is 9.90 Å². The van der Waals surface area contributed by atoms with E-state index in [9.17, 15) is 9.90 Å². The molecule has 1 aromatic carbocycles. The predicted molar refractivity (Wildman–Crippen MR) is 86.8 cm³/mol. The van der Waals surface area contributed by atoms with Gasteiger partial charge in [-0.05, 0) is 19.8 Å². The highest BCUT2D eigenvalue weighted by molar-refractivity contribution is 7.19. The number of nitrogens with zero attached hydrogens (tertiary/aromatic N) is 2. The molecule has 4 nitrogen and oxygen atoms in total. The molecule has 0 amide bonds. The minimum Gasteiger partial charge on any atom is -0.477 e. The van der Waals surface area contributed by atoms with Crippen LogP contribution in [0.1, 0.15) is 46.2 Å². The van der Waals surface area contributed by atoms with E-state index < -0.39 is 5.97 Å². The van der Waals surface area contributed by atoms with Crippen molar-refractivity contribution in [2.45, 2.75) is 32.1 Å². The number of imidazole rings is 1. The molecule has 0 unspecified atom stereocenters. The summed E-state index contributed by atoms with van der Waals surface area (Å²) in [5.41, 5.74) is 4.01. The van der Waals surface area contributed by atoms with Crippen molar-refractivity contribution >= 4 is 22.3 Å². The number of carboxylic acid groups (broad SMARTS) is 1. The van der Waals surface area contributed by atoms with Gasteiger partial charge in [0.2, 0.25) is 0 Å². The molecule has 0 atom stereocenters. The molecular formula is C17H16N2O2S. The Kier molecular flexibility index (Phi) is 3.04. The Balaban J connectivity index is 1.96. The number of benzene rings is 1. The molecule has 3 aromatic rings. The van der Waals surface area contributed by atoms with Crippen molar-refractivity contribution in [3.8, 4) is 11.3 Å². The van der Waals surface area contributed by atoms with Gasteiger partial charge >= 0.3 is 5.97 Å². The summed E-state index contributed by atoms with van der Waals surface area (Å²) in [6.07, 6.45) is 3.33. The summed E-state index contributed by atoms with van der Waals surface area (Å²) in [6, 6.07) is 10.1. The van der Waals surface area contributed by atoms with Crippen molar-refractivity contribution in [1.29, 1.82) is 0 Å². The number of thiazole rings is 1. The van der Waals surface area contributed by atoms with Crippen LogP contribution in [0.25, 0.3) is 16.2 Å². The Bertz CT molecular complexity index is 860. The van der Waals surface area contributed by atoms with Crippen LogP contribution in [0.5, 0.6) is 0 Å². The van der Waals surface area contributed by atoms with Crippen LogP contribution in [-0.4, -0.2) is 20.5 Å². The maximum Gasteiger partial charge on any atom is 0.347 e. The molecule has 1 aliphatic rings. The lowest BCUT2D eigenvalue weighted by atomic mass is 9.82. The molecule has 112 valence electrons. The average molecular weight is 312 g/mol. The Morgan fingerprint density at radius 2 is 2.05 bits per heavy atom. The van der Waals surface area contributed by atoms with Crippen LogP contribution in [0, 0.1) is 6.92 Å². The van der Waals surface area contributed by atoms with E-state index in [-0.39, 0.29) is 0 Å². The fraction of sp³-hybridized carbons (Fsp3) is 0.294. The molecule has 2 aromatic heterocycles. The zero-order valence-corrected chi connectivity index (χ0v) is 13.1. The second-order valence-corrected chi connectivity index (χ2v) is 6.76. The summed E-state index contributed by atoms with van der Waals surface area (Å²) in [7, 11) is 0. The van der Waals surface area contributed by atoms with E-state index in [1.165, 1.54) is 17.8 Å². The van der Waals surface area contributed by atoms with Crippen LogP contribution in [0.4, 0.5) is 0 Å². The molecule has 0 radical (unpaired) electrons. The number of aromatic carboxylic acids is 1. The molecule has 1 aliphatic carbocycles. The van der Waals surface area contributed by atoms with Crippen LogP contribution in [0.3, 0.4) is 0 Å². The van der Waals surface area contributed by atoms with Gasteiger partial charge in [-0.3, -0.25) is 4.40 Å². The third-order valence-electron chi connectivity index (χ3n) is 4.48. The smallest absolute Gasteiger partial charge is 0.347 e. The minimum absolute atomic E-state index is 0.358. The summed E-state index contributed by atoms with van der Waals surface area (Å²) < 4.78 is 2.07. The summed E-state index contributed by atoms with van der Waals surface area (Å²) in [6.45, 7) is 2.03. The first kappa shape index (κ1) is 13.5. The lowest BCUT2D eigenvalue weighted by Crippen LogP contribution is -2.15. The van der Waals surface area contributed by atoms with E-state index in [1.54, 1.807) is 0 Å². The predicted octanol–water partition coefficient (Wildman–Crippen LogP) is 4.34. The maximum atomic E-state index is 11.6. The number of aromatic nitrogens is 2. The van der Waals surface area contributed by atoms with Crippen molar-refractivity contribution in [3.63, 3.8) is 0 Å². The zero-order chi connectivity index (χ0) is 15.3. The second-order valence-electron chi connectivity index (χ2n) is 5.78. The number of hydrogen-bond donors (Lipinski definition) is 1. The first-order chi connectivity index (χ1) is 10.7. The van der Waals surface area contributed by atoms with Gasteiger partial charge < -0.3 is 5.11 Å². The quantitative estimate of drug-likeness (QED) is 0.783. The monoisotopic (exact) mass is 312 g/mol. The molecule has 0 bridgehead atoms. The largest absolute Gasteiger partial charge is 0.477 e. The van der Waals surface area contributed by atoms with Gasteiger partial charge in [-0.25, -0.2) is 9.78 Å². The minimum atomic E-state index is -0.835. The standard InChI is InChI=1S/C17H16N2O2S/c1-10-13(11-6-3-2-4-7-11)18-17-19(10)14(12-8-5-9-12)15(22-17)16(20)21/h2-4,6-7,12H,5,8-9H2,1H3,(H,20,21). The normalized spacial score (nSPS) is 15.1. The fourth-order valence-electron chi connectivity index (χ4n) is 3.15. The highest BCUT2D eigenvalue weighted by Gasteiger charge is 2.31. The molecule has 2 heterocycles. The van der Waals surface area contributed by atoms with Gasteiger partial charge in [0.1, 0.15) is 4.88 Å². The van der Waals surface area contributed by atoms with Gasteiger partial charge in [-0.2, -0.15) is 0 Å². The number of rotatable bonds is 3. The van der Waals surface area contributed by atoms with E-state index in [1.807, 2.05) is 37.3 Å². The highest BCUT2D eigenvalue weighted by Crippen LogP contribution is 2.42. The SMILES string of the molecule is Cc1c(-c2ccccc2)nc2sc(C(=O)O)c(C3CCC3)n12. The van der Waals surface area contributed by atoms with E-state index in [0.29, 0.717) is 10.8 Å². The summed E-state index contributed by atoms with van der Waals surface area (Å²) in [5.74, 6) is -0.477. The van der Waals surface area contributed by atoms with Crippen molar-refractivity contribution in [3.05, 3.63) is 46.6 Å². The molecule has 0 aliphatic heterocycles. The molecule has 0 saturated heterocycles. The first-order valence-electron chi connectivity index (χ1n) is 7.47. The van der Waals surface area contributed by atoms with Crippen molar-refractivity contribution in [2.24, 2.45) is 0 Å². The lowest BCUT2D eigenvalue weighted by Gasteiger charge is -2.25. The van der Waals surface area contributed by atoms with Gasteiger partial charge in [0.05, 0.1) is 11.4 Å². The number of carbonyl (C=O) groups is 1. The van der Waals surface area contributed by atoms with Gasteiger partial charge in [-0.15, -0.1) is 0 Å². The Morgan fingerprint density at radius 1 is 1.32 bits per heavy atom. The summed E-state index contributed by atoms with van der Waals surface area (Å²) in [5, 5.41) is 9.50. The zero-order valence-electron chi connectivity index (χ0n) is 12.2. The molecule has 0 spiro atoms. The van der Waals surface area contributed by atoms with E-state index in [2.05, 4.69) is 4.40 Å². The Morgan fingerprint density at radius 3 is 2.64 bits per heavy atom. The third kappa shape index (κ3) is 1.89. The number of carboxylic acids is 1. The van der Waals surface area contributed by atoms with Gasteiger partial charge in [0.25, 0.3) is 0 Å². The fourth-order valence-corrected chi connectivity index (χ4v) is 4.24. The summed E-state index contributed by atoms with van der Waals surface area (Å²) >= 11 is 1.29. The van der Waals surface area contributed by atoms with Crippen LogP contribution < -0.4 is 0 Å². The highest BCUT2D eigenvalue weighted by atomic mass is 32.1. The van der Waals surface area contributed by atoms with Gasteiger partial charge in [-0.1, -0.05) is 48.1 Å². The topological polar surface area (TPSA) is 54.6 Å². The Labute approximate surface area is 132 Å². The van der Waals surface area contributed by atoms with Crippen LogP contribution >= 0.6 is 11.3 Å². The van der Waals surface area contributed by atoms with E-state index in [0.717, 1.165) is 40.4 Å². The molecule has 1 saturated carbocycles. The molecule has 1 fully saturated rings. The van der Waals surface area contributed by atoms with Crippen molar-refractivity contribution in [2.75, 3.05) is 0 Å². The molecular weight excluding hydrogens is 296 g/mol. The van der Waals surface area contributed by atoms with Gasteiger partial charge in [0, 0.05) is 17.2 Å². The second kappa shape index (κ2) is 4.95. The van der Waals surface area contributed by atoms with E-state index >= 15 is 0 Å². The average Bonchev–Trinajstić information content (AvgIpc) is 2.97.